The molecule has 104 valence electrons. The Balaban J connectivity index is 1.82. The number of carboxylic acid groups (broad SMARTS) is 1. The first-order valence-electron chi connectivity index (χ1n) is 6.11. The number of carboxylic acids is 1. The Morgan fingerprint density at radius 2 is 2.25 bits per heavy atom. The summed E-state index contributed by atoms with van der Waals surface area (Å²) in [5.74, 6) is -0.992. The van der Waals surface area contributed by atoms with Gasteiger partial charge in [-0.05, 0) is 18.2 Å². The van der Waals surface area contributed by atoms with Gasteiger partial charge in [0.15, 0.2) is 0 Å². The molecule has 1 aliphatic heterocycles. The number of hydrogen-bond donors (Lipinski definition) is 2. The summed E-state index contributed by atoms with van der Waals surface area (Å²) in [6.45, 7) is 0.600. The minimum absolute atomic E-state index is 0.186. The Morgan fingerprint density at radius 3 is 2.90 bits per heavy atom. The summed E-state index contributed by atoms with van der Waals surface area (Å²) < 4.78 is 6.46. The van der Waals surface area contributed by atoms with E-state index >= 15 is 0 Å². The molecule has 0 atom stereocenters. The number of ether oxygens (including phenoxy) is 1. The van der Waals surface area contributed by atoms with Crippen molar-refractivity contribution in [3.63, 3.8) is 0 Å². The van der Waals surface area contributed by atoms with Crippen LogP contribution in [0, 0.1) is 0 Å². The molecule has 1 fully saturated rings. The first-order valence-corrected chi connectivity index (χ1v) is 6.11. The topological polar surface area (TPSA) is 97.5 Å². The molecule has 2 heterocycles. The number of aliphatic hydroxyl groups is 1. The first-order chi connectivity index (χ1) is 9.56. The lowest BCUT2D eigenvalue weighted by atomic mass is 9.96. The van der Waals surface area contributed by atoms with Gasteiger partial charge in [0.1, 0.15) is 5.60 Å². The molecule has 3 rings (SSSR count). The van der Waals surface area contributed by atoms with E-state index < -0.39 is 11.6 Å². The monoisotopic (exact) mass is 275 g/mol. The van der Waals surface area contributed by atoms with E-state index in [1.54, 1.807) is 18.3 Å². The van der Waals surface area contributed by atoms with Gasteiger partial charge in [0.25, 0.3) is 0 Å². The van der Waals surface area contributed by atoms with Crippen molar-refractivity contribution in [3.05, 3.63) is 41.7 Å². The highest BCUT2D eigenvalue weighted by molar-refractivity contribution is 5.88. The number of hydrogen-bond acceptors (Lipinski definition) is 5. The number of benzene rings is 1. The zero-order valence-corrected chi connectivity index (χ0v) is 10.6. The summed E-state index contributed by atoms with van der Waals surface area (Å²) in [6, 6.07) is 6.42. The van der Waals surface area contributed by atoms with Crippen LogP contribution in [0.2, 0.25) is 0 Å². The van der Waals surface area contributed by atoms with Crippen LogP contribution in [0.1, 0.15) is 16.1 Å². The lowest BCUT2D eigenvalue weighted by molar-refractivity contribution is -0.177. The van der Waals surface area contributed by atoms with Crippen molar-refractivity contribution in [2.75, 3.05) is 13.2 Å². The van der Waals surface area contributed by atoms with E-state index in [0.717, 1.165) is 0 Å². The van der Waals surface area contributed by atoms with Crippen molar-refractivity contribution < 1.29 is 19.7 Å². The first kappa shape index (κ1) is 12.8. The van der Waals surface area contributed by atoms with Crippen molar-refractivity contribution in [3.8, 4) is 5.69 Å². The zero-order chi connectivity index (χ0) is 14.2. The minimum Gasteiger partial charge on any atom is -0.478 e. The van der Waals surface area contributed by atoms with Gasteiger partial charge in [-0.3, -0.25) is 0 Å². The second-order valence-corrected chi connectivity index (χ2v) is 4.90. The minimum atomic E-state index is -0.992. The molecule has 0 unspecified atom stereocenters. The molecular weight excluding hydrogens is 262 g/mol. The second kappa shape index (κ2) is 4.69. The van der Waals surface area contributed by atoms with Crippen LogP contribution in [0.5, 0.6) is 0 Å². The summed E-state index contributed by atoms with van der Waals surface area (Å²) in [5.41, 5.74) is 0.576. The van der Waals surface area contributed by atoms with Crippen LogP contribution in [0.25, 0.3) is 5.69 Å². The van der Waals surface area contributed by atoms with Crippen molar-refractivity contribution in [1.82, 2.24) is 15.0 Å². The van der Waals surface area contributed by atoms with Crippen molar-refractivity contribution in [1.29, 1.82) is 0 Å². The summed E-state index contributed by atoms with van der Waals surface area (Å²) in [5, 5.41) is 26.9. The van der Waals surface area contributed by atoms with Crippen LogP contribution >= 0.6 is 0 Å². The van der Waals surface area contributed by atoms with Gasteiger partial charge in [0.2, 0.25) is 0 Å². The number of aromatic nitrogens is 3. The quantitative estimate of drug-likeness (QED) is 0.831. The molecule has 1 aliphatic rings. The smallest absolute Gasteiger partial charge is 0.335 e. The average Bonchev–Trinajstić information content (AvgIpc) is 2.85. The van der Waals surface area contributed by atoms with Crippen LogP contribution < -0.4 is 0 Å². The second-order valence-electron chi connectivity index (χ2n) is 4.90. The SMILES string of the molecule is O=C(O)c1cccc(-n2cc(CC3(O)COC3)nn2)c1. The van der Waals surface area contributed by atoms with Gasteiger partial charge in [-0.25, -0.2) is 9.48 Å². The predicted molar refractivity (Wildman–Crippen MR) is 67.8 cm³/mol. The van der Waals surface area contributed by atoms with Gasteiger partial charge in [-0.15, -0.1) is 5.10 Å². The van der Waals surface area contributed by atoms with E-state index in [2.05, 4.69) is 10.3 Å². The lowest BCUT2D eigenvalue weighted by Gasteiger charge is -2.35. The van der Waals surface area contributed by atoms with Crippen molar-refractivity contribution in [2.24, 2.45) is 0 Å². The summed E-state index contributed by atoms with van der Waals surface area (Å²) >= 11 is 0. The fourth-order valence-corrected chi connectivity index (χ4v) is 2.06. The average molecular weight is 275 g/mol. The molecule has 1 saturated heterocycles. The Hall–Kier alpha value is -2.25. The van der Waals surface area contributed by atoms with E-state index in [-0.39, 0.29) is 5.56 Å². The van der Waals surface area contributed by atoms with Gasteiger partial charge in [-0.2, -0.15) is 0 Å². The van der Waals surface area contributed by atoms with Crippen LogP contribution in [0.3, 0.4) is 0 Å². The molecule has 0 aliphatic carbocycles. The molecule has 7 nitrogen and oxygen atoms in total. The van der Waals surface area contributed by atoms with Crippen LogP contribution in [-0.4, -0.2) is 50.0 Å². The van der Waals surface area contributed by atoms with E-state index in [1.807, 2.05) is 0 Å². The zero-order valence-electron chi connectivity index (χ0n) is 10.6. The van der Waals surface area contributed by atoms with Gasteiger partial charge in [0.05, 0.1) is 36.4 Å². The fraction of sp³-hybridized carbons (Fsp3) is 0.308. The highest BCUT2D eigenvalue weighted by Gasteiger charge is 2.37. The molecule has 2 aromatic rings. The molecule has 0 saturated carbocycles. The number of nitrogens with zero attached hydrogens (tertiary/aromatic N) is 3. The predicted octanol–water partition coefficient (Wildman–Crippen LogP) is 0.269. The van der Waals surface area contributed by atoms with Gasteiger partial charge < -0.3 is 14.9 Å². The van der Waals surface area contributed by atoms with Crippen molar-refractivity contribution in [2.45, 2.75) is 12.0 Å². The third-order valence-electron chi connectivity index (χ3n) is 3.15. The lowest BCUT2D eigenvalue weighted by Crippen LogP contribution is -2.51. The summed E-state index contributed by atoms with van der Waals surface area (Å²) in [4.78, 5) is 10.9. The molecule has 20 heavy (non-hydrogen) atoms. The molecule has 1 aromatic heterocycles. The van der Waals surface area contributed by atoms with Gasteiger partial charge in [-0.1, -0.05) is 11.3 Å². The standard InChI is InChI=1S/C13H13N3O4/c17-12(18)9-2-1-3-11(4-9)16-6-10(14-15-16)5-13(19)7-20-8-13/h1-4,6,19H,5,7-8H2,(H,17,18). The number of aromatic carboxylic acids is 1. The highest BCUT2D eigenvalue weighted by atomic mass is 16.5. The number of carbonyl (C=O) groups is 1. The molecule has 0 bridgehead atoms. The fourth-order valence-electron chi connectivity index (χ4n) is 2.06. The molecule has 1 aromatic carbocycles. The maximum atomic E-state index is 10.9. The van der Waals surface area contributed by atoms with Gasteiger partial charge >= 0.3 is 5.97 Å². The van der Waals surface area contributed by atoms with Crippen LogP contribution in [0.15, 0.2) is 30.5 Å². The highest BCUT2D eigenvalue weighted by Crippen LogP contribution is 2.21. The molecule has 2 N–H and O–H groups in total. The van der Waals surface area contributed by atoms with E-state index in [9.17, 15) is 9.90 Å². The molecule has 7 heteroatoms. The third kappa shape index (κ3) is 2.40. The maximum Gasteiger partial charge on any atom is 0.335 e. The molecular formula is C13H13N3O4. The van der Waals surface area contributed by atoms with E-state index in [0.29, 0.717) is 31.0 Å². The van der Waals surface area contributed by atoms with Crippen molar-refractivity contribution >= 4 is 5.97 Å². The Morgan fingerprint density at radius 1 is 1.45 bits per heavy atom. The summed E-state index contributed by atoms with van der Waals surface area (Å²) in [6.07, 6.45) is 2.04. The normalized spacial score (nSPS) is 16.6. The van der Waals surface area contributed by atoms with Gasteiger partial charge in [0, 0.05) is 6.42 Å². The van der Waals surface area contributed by atoms with Crippen LogP contribution in [0.4, 0.5) is 0 Å². The largest absolute Gasteiger partial charge is 0.478 e. The summed E-state index contributed by atoms with van der Waals surface area (Å²) in [7, 11) is 0. The maximum absolute atomic E-state index is 10.9. The van der Waals surface area contributed by atoms with E-state index in [1.165, 1.54) is 16.8 Å². The Labute approximate surface area is 114 Å². The number of rotatable bonds is 4. The Bertz CT molecular complexity index is 649. The van der Waals surface area contributed by atoms with Crippen LogP contribution in [-0.2, 0) is 11.2 Å². The third-order valence-corrected chi connectivity index (χ3v) is 3.15. The Kier molecular flexibility index (Phi) is 3.00. The molecule has 0 spiro atoms. The molecule has 0 radical (unpaired) electrons. The molecule has 0 amide bonds. The van der Waals surface area contributed by atoms with E-state index in [4.69, 9.17) is 9.84 Å².